The van der Waals surface area contributed by atoms with Gasteiger partial charge in [-0.2, -0.15) is 5.10 Å². The van der Waals surface area contributed by atoms with Gasteiger partial charge >= 0.3 is 0 Å². The highest BCUT2D eigenvalue weighted by molar-refractivity contribution is 5.08. The van der Waals surface area contributed by atoms with Crippen LogP contribution in [-0.2, 0) is 13.0 Å². The van der Waals surface area contributed by atoms with E-state index in [4.69, 9.17) is 0 Å². The molecule has 2 N–H and O–H groups in total. The van der Waals surface area contributed by atoms with Crippen LogP contribution in [-0.4, -0.2) is 16.2 Å². The molecule has 1 aromatic heterocycles. The lowest BCUT2D eigenvalue weighted by Crippen LogP contribution is -2.27. The molecule has 1 aliphatic rings. The SMILES string of the molecule is CCCc1cc(CNC2CCCCCC2)[nH]n1. The van der Waals surface area contributed by atoms with Crippen molar-refractivity contribution in [3.05, 3.63) is 17.5 Å². The molecule has 17 heavy (non-hydrogen) atoms. The molecule has 0 aromatic carbocycles. The zero-order valence-corrected chi connectivity index (χ0v) is 11.0. The predicted molar refractivity (Wildman–Crippen MR) is 70.9 cm³/mol. The van der Waals surface area contributed by atoms with Crippen molar-refractivity contribution in [1.29, 1.82) is 0 Å². The Kier molecular flexibility index (Phi) is 5.05. The number of hydrogen-bond acceptors (Lipinski definition) is 2. The molecule has 0 bridgehead atoms. The van der Waals surface area contributed by atoms with Gasteiger partial charge in [-0.3, -0.25) is 5.10 Å². The highest BCUT2D eigenvalue weighted by Gasteiger charge is 2.11. The molecule has 96 valence electrons. The summed E-state index contributed by atoms with van der Waals surface area (Å²) in [5.41, 5.74) is 2.43. The van der Waals surface area contributed by atoms with Crippen molar-refractivity contribution in [2.75, 3.05) is 0 Å². The molecule has 0 amide bonds. The zero-order valence-electron chi connectivity index (χ0n) is 11.0. The molecule has 0 spiro atoms. The smallest absolute Gasteiger partial charge is 0.0625 e. The van der Waals surface area contributed by atoms with Crippen LogP contribution in [0.1, 0.15) is 63.3 Å². The third-order valence-corrected chi connectivity index (χ3v) is 3.63. The topological polar surface area (TPSA) is 40.7 Å². The van der Waals surface area contributed by atoms with E-state index in [0.717, 1.165) is 19.0 Å². The minimum Gasteiger partial charge on any atom is -0.308 e. The lowest BCUT2D eigenvalue weighted by atomic mass is 10.1. The van der Waals surface area contributed by atoms with Crippen molar-refractivity contribution in [3.63, 3.8) is 0 Å². The van der Waals surface area contributed by atoms with Gasteiger partial charge in [-0.15, -0.1) is 0 Å². The summed E-state index contributed by atoms with van der Waals surface area (Å²) in [4.78, 5) is 0. The number of nitrogens with one attached hydrogen (secondary N) is 2. The summed E-state index contributed by atoms with van der Waals surface area (Å²) in [5, 5.41) is 11.1. The molecule has 0 aliphatic heterocycles. The normalized spacial score (nSPS) is 18.2. The minimum atomic E-state index is 0.718. The van der Waals surface area contributed by atoms with Gasteiger partial charge < -0.3 is 5.32 Å². The van der Waals surface area contributed by atoms with Crippen LogP contribution in [0.3, 0.4) is 0 Å². The maximum absolute atomic E-state index is 4.32. The van der Waals surface area contributed by atoms with Crippen LogP contribution >= 0.6 is 0 Å². The highest BCUT2D eigenvalue weighted by Crippen LogP contribution is 2.17. The van der Waals surface area contributed by atoms with E-state index in [1.807, 2.05) is 0 Å². The molecule has 2 rings (SSSR count). The van der Waals surface area contributed by atoms with Gasteiger partial charge in [0.1, 0.15) is 0 Å². The highest BCUT2D eigenvalue weighted by atomic mass is 15.1. The van der Waals surface area contributed by atoms with Gasteiger partial charge in [0.05, 0.1) is 5.69 Å². The van der Waals surface area contributed by atoms with Crippen LogP contribution in [0.25, 0.3) is 0 Å². The number of aryl methyl sites for hydroxylation is 1. The number of rotatable bonds is 5. The second-order valence-electron chi connectivity index (χ2n) is 5.20. The summed E-state index contributed by atoms with van der Waals surface area (Å²) in [6.45, 7) is 3.14. The first-order valence-electron chi connectivity index (χ1n) is 7.15. The van der Waals surface area contributed by atoms with Crippen molar-refractivity contribution in [2.24, 2.45) is 0 Å². The van der Waals surface area contributed by atoms with Crippen LogP contribution < -0.4 is 5.32 Å². The molecule has 0 atom stereocenters. The first-order valence-corrected chi connectivity index (χ1v) is 7.15. The van der Waals surface area contributed by atoms with E-state index in [9.17, 15) is 0 Å². The maximum Gasteiger partial charge on any atom is 0.0625 e. The monoisotopic (exact) mass is 235 g/mol. The van der Waals surface area contributed by atoms with E-state index >= 15 is 0 Å². The van der Waals surface area contributed by atoms with Gasteiger partial charge in [-0.05, 0) is 25.3 Å². The average Bonchev–Trinajstić information content (AvgIpc) is 2.63. The number of nitrogens with zero attached hydrogens (tertiary/aromatic N) is 1. The Hall–Kier alpha value is -0.830. The van der Waals surface area contributed by atoms with Crippen molar-refractivity contribution in [1.82, 2.24) is 15.5 Å². The van der Waals surface area contributed by atoms with Gasteiger partial charge in [0.25, 0.3) is 0 Å². The number of aromatic nitrogens is 2. The third kappa shape index (κ3) is 4.15. The molecular formula is C14H25N3. The van der Waals surface area contributed by atoms with Gasteiger partial charge in [0.15, 0.2) is 0 Å². The Morgan fingerprint density at radius 1 is 1.29 bits per heavy atom. The fourth-order valence-corrected chi connectivity index (χ4v) is 2.62. The Balaban J connectivity index is 1.75. The van der Waals surface area contributed by atoms with E-state index in [2.05, 4.69) is 28.5 Å². The number of H-pyrrole nitrogens is 1. The first kappa shape index (κ1) is 12.6. The summed E-state index contributed by atoms with van der Waals surface area (Å²) in [5.74, 6) is 0. The van der Waals surface area contributed by atoms with E-state index in [1.54, 1.807) is 0 Å². The van der Waals surface area contributed by atoms with Crippen LogP contribution in [0, 0.1) is 0 Å². The third-order valence-electron chi connectivity index (χ3n) is 3.63. The summed E-state index contributed by atoms with van der Waals surface area (Å²) in [6, 6.07) is 2.92. The Bertz CT molecular complexity index is 311. The molecule has 3 heteroatoms. The Morgan fingerprint density at radius 2 is 2.06 bits per heavy atom. The maximum atomic E-state index is 4.32. The van der Waals surface area contributed by atoms with Crippen LogP contribution in [0.5, 0.6) is 0 Å². The molecule has 1 aliphatic carbocycles. The first-order chi connectivity index (χ1) is 8.38. The lowest BCUT2D eigenvalue weighted by Gasteiger charge is -2.15. The summed E-state index contributed by atoms with van der Waals surface area (Å²) in [7, 11) is 0. The van der Waals surface area contributed by atoms with E-state index in [-0.39, 0.29) is 0 Å². The van der Waals surface area contributed by atoms with E-state index in [0.29, 0.717) is 0 Å². The van der Waals surface area contributed by atoms with Crippen LogP contribution in [0.4, 0.5) is 0 Å². The summed E-state index contributed by atoms with van der Waals surface area (Å²) >= 11 is 0. The Morgan fingerprint density at radius 3 is 2.76 bits per heavy atom. The van der Waals surface area contributed by atoms with Gasteiger partial charge in [0, 0.05) is 18.3 Å². The molecular weight excluding hydrogens is 210 g/mol. The van der Waals surface area contributed by atoms with Gasteiger partial charge in [0.2, 0.25) is 0 Å². The largest absolute Gasteiger partial charge is 0.308 e. The lowest BCUT2D eigenvalue weighted by molar-refractivity contribution is 0.456. The molecule has 0 radical (unpaired) electrons. The fourth-order valence-electron chi connectivity index (χ4n) is 2.62. The molecule has 3 nitrogen and oxygen atoms in total. The van der Waals surface area contributed by atoms with E-state index < -0.39 is 0 Å². The van der Waals surface area contributed by atoms with Crippen molar-refractivity contribution >= 4 is 0 Å². The zero-order chi connectivity index (χ0) is 11.9. The van der Waals surface area contributed by atoms with Crippen molar-refractivity contribution in [3.8, 4) is 0 Å². The number of aromatic amines is 1. The average molecular weight is 235 g/mol. The minimum absolute atomic E-state index is 0.718. The quantitative estimate of drug-likeness (QED) is 0.770. The Labute approximate surface area is 104 Å². The van der Waals surface area contributed by atoms with Crippen LogP contribution in [0.2, 0.25) is 0 Å². The summed E-state index contributed by atoms with van der Waals surface area (Å²) in [6.07, 6.45) is 10.6. The van der Waals surface area contributed by atoms with Crippen molar-refractivity contribution < 1.29 is 0 Å². The summed E-state index contributed by atoms with van der Waals surface area (Å²) < 4.78 is 0. The molecule has 0 unspecified atom stereocenters. The van der Waals surface area contributed by atoms with Gasteiger partial charge in [-0.1, -0.05) is 39.0 Å². The number of hydrogen-bond donors (Lipinski definition) is 2. The molecule has 1 heterocycles. The molecule has 1 fully saturated rings. The van der Waals surface area contributed by atoms with Crippen molar-refractivity contribution in [2.45, 2.75) is 70.9 Å². The fraction of sp³-hybridized carbons (Fsp3) is 0.786. The second-order valence-corrected chi connectivity index (χ2v) is 5.20. The molecule has 1 saturated carbocycles. The van der Waals surface area contributed by atoms with Gasteiger partial charge in [-0.25, -0.2) is 0 Å². The van der Waals surface area contributed by atoms with Crippen LogP contribution in [0.15, 0.2) is 6.07 Å². The molecule has 0 saturated heterocycles. The predicted octanol–water partition coefficient (Wildman–Crippen LogP) is 3.17. The molecule has 1 aromatic rings. The standard InChI is InChI=1S/C14H25N3/c1-2-7-13-10-14(17-16-13)11-15-12-8-5-3-4-6-9-12/h10,12,15H,2-9,11H2,1H3,(H,16,17). The van der Waals surface area contributed by atoms with E-state index in [1.165, 1.54) is 56.3 Å². The second kappa shape index (κ2) is 6.80.